The molecule has 0 radical (unpaired) electrons. The molecule has 9 rings (SSSR count). The van der Waals surface area contributed by atoms with Gasteiger partial charge in [0, 0.05) is 18.8 Å². The molecule has 0 unspecified atom stereocenters. The Balaban J connectivity index is 1.27. The maximum Gasteiger partial charge on any atom is 0.122 e. The highest BCUT2D eigenvalue weighted by molar-refractivity contribution is 5.57. The Morgan fingerprint density at radius 2 is 0.768 bits per heavy atom. The lowest BCUT2D eigenvalue weighted by molar-refractivity contribution is 0.157. The van der Waals surface area contributed by atoms with Crippen LogP contribution >= 0.6 is 0 Å². The van der Waals surface area contributed by atoms with E-state index < -0.39 is 6.10 Å². The Bertz CT molecular complexity index is 2070. The lowest BCUT2D eigenvalue weighted by Gasteiger charge is -2.35. The van der Waals surface area contributed by atoms with E-state index in [1.807, 2.05) is 0 Å². The van der Waals surface area contributed by atoms with Crippen molar-refractivity contribution < 1.29 is 20.4 Å². The molecule has 4 saturated carbocycles. The lowest BCUT2D eigenvalue weighted by Crippen LogP contribution is -2.30. The van der Waals surface area contributed by atoms with E-state index >= 15 is 0 Å². The predicted molar refractivity (Wildman–Crippen MR) is 227 cm³/mol. The van der Waals surface area contributed by atoms with Gasteiger partial charge in [0.2, 0.25) is 0 Å². The summed E-state index contributed by atoms with van der Waals surface area (Å²) >= 11 is 0. The maximum absolute atomic E-state index is 12.4. The zero-order chi connectivity index (χ0) is 39.0. The Morgan fingerprint density at radius 1 is 0.446 bits per heavy atom. The van der Waals surface area contributed by atoms with Crippen molar-refractivity contribution >= 4 is 0 Å². The highest BCUT2D eigenvalue weighted by atomic mass is 16.3. The Kier molecular flexibility index (Phi) is 9.58. The van der Waals surface area contributed by atoms with Crippen molar-refractivity contribution in [2.75, 3.05) is 0 Å². The van der Waals surface area contributed by atoms with Crippen molar-refractivity contribution in [2.24, 2.45) is 11.3 Å². The van der Waals surface area contributed by atoms with Crippen LogP contribution in [-0.2, 0) is 41.9 Å². The van der Waals surface area contributed by atoms with Gasteiger partial charge in [0.25, 0.3) is 0 Å². The fraction of sp³-hybridized carbons (Fsp3) is 0.577. The van der Waals surface area contributed by atoms with E-state index in [9.17, 15) is 20.4 Å². The molecular formula is C52H66O4. The first kappa shape index (κ1) is 38.0. The van der Waals surface area contributed by atoms with Crippen LogP contribution in [0.3, 0.4) is 0 Å². The molecule has 6 aliphatic rings. The summed E-state index contributed by atoms with van der Waals surface area (Å²) in [7, 11) is 0. The second kappa shape index (κ2) is 14.1. The fourth-order valence-electron chi connectivity index (χ4n) is 12.4. The van der Waals surface area contributed by atoms with E-state index in [-0.39, 0.29) is 33.3 Å². The van der Waals surface area contributed by atoms with Gasteiger partial charge in [0.1, 0.15) is 17.2 Å². The molecule has 3 aromatic rings. The molecule has 0 heterocycles. The molecule has 0 aliphatic heterocycles. The molecule has 4 nitrogen and oxygen atoms in total. The van der Waals surface area contributed by atoms with E-state index in [0.29, 0.717) is 37.2 Å². The first-order valence-electron chi connectivity index (χ1n) is 22.4. The number of hydrogen-bond acceptors (Lipinski definition) is 4. The molecule has 0 amide bonds. The van der Waals surface area contributed by atoms with Crippen molar-refractivity contribution in [2.45, 2.75) is 178 Å². The van der Waals surface area contributed by atoms with Gasteiger partial charge in [-0.1, -0.05) is 128 Å². The number of fused-ring (bicyclic) bond motifs is 8. The molecule has 6 aliphatic carbocycles. The smallest absolute Gasteiger partial charge is 0.122 e. The number of hydrogen-bond donors (Lipinski definition) is 4. The fourth-order valence-corrected chi connectivity index (χ4v) is 12.4. The van der Waals surface area contributed by atoms with Crippen LogP contribution in [0.4, 0.5) is 0 Å². The topological polar surface area (TPSA) is 80.9 Å². The lowest BCUT2D eigenvalue weighted by atomic mass is 9.71. The Labute approximate surface area is 336 Å². The maximum atomic E-state index is 12.4. The molecule has 0 spiro atoms. The number of benzene rings is 3. The second-order valence-corrected chi connectivity index (χ2v) is 20.7. The summed E-state index contributed by atoms with van der Waals surface area (Å²) in [4.78, 5) is 0. The number of phenolic OH excluding ortho intramolecular Hbond substituents is 3. The molecule has 4 heteroatoms. The van der Waals surface area contributed by atoms with E-state index in [1.54, 1.807) is 0 Å². The molecule has 4 N–H and O–H groups in total. The van der Waals surface area contributed by atoms with E-state index in [0.717, 1.165) is 90.3 Å². The molecule has 56 heavy (non-hydrogen) atoms. The van der Waals surface area contributed by atoms with Crippen molar-refractivity contribution in [3.63, 3.8) is 0 Å². The molecule has 8 bridgehead atoms. The van der Waals surface area contributed by atoms with Gasteiger partial charge in [-0.15, -0.1) is 0 Å². The molecule has 2 atom stereocenters. The summed E-state index contributed by atoms with van der Waals surface area (Å²) in [6.07, 6.45) is 24.5. The number of rotatable bonds is 4. The Morgan fingerprint density at radius 3 is 1.16 bits per heavy atom. The van der Waals surface area contributed by atoms with Gasteiger partial charge in [-0.25, -0.2) is 0 Å². The summed E-state index contributed by atoms with van der Waals surface area (Å²) in [5.74, 6) is 0.685. The summed E-state index contributed by atoms with van der Waals surface area (Å²) in [6, 6.07) is 13.4. The number of aliphatic hydroxyl groups is 1. The standard InChI is InChI=1S/C52H66O4/c1-49(13-5-6-14-49)41-25-33-21-35-27-42(50(2)15-7-8-16-50)29-37(46(35)54)23-39-31-44(52(4)19-11-12-20-52)32-40(48(39)56)24-38-30-43(51(3)17-9-10-18-51)28-36(47(38)55)22-34(26-41)45(33)53/h25-33,45,53-56H,5-24H2,1-4H3/t33-,45-/m0/s1. The molecule has 0 aromatic heterocycles. The summed E-state index contributed by atoms with van der Waals surface area (Å²) in [6.45, 7) is 9.55. The van der Waals surface area contributed by atoms with Crippen LogP contribution < -0.4 is 0 Å². The van der Waals surface area contributed by atoms with Crippen molar-refractivity contribution in [1.29, 1.82) is 0 Å². The number of aliphatic hydroxyl groups excluding tert-OH is 1. The molecule has 3 aromatic carbocycles. The minimum Gasteiger partial charge on any atom is -0.507 e. The number of phenols is 3. The minimum absolute atomic E-state index is 0.0246. The van der Waals surface area contributed by atoms with Crippen LogP contribution in [0.1, 0.15) is 180 Å². The predicted octanol–water partition coefficient (Wildman–Crippen LogP) is 12.0. The first-order valence-corrected chi connectivity index (χ1v) is 22.4. The third-order valence-corrected chi connectivity index (χ3v) is 16.6. The molecule has 0 saturated heterocycles. The minimum atomic E-state index is -0.731. The van der Waals surface area contributed by atoms with Gasteiger partial charge in [-0.2, -0.15) is 0 Å². The van der Waals surface area contributed by atoms with Crippen molar-refractivity contribution in [3.05, 3.63) is 110 Å². The van der Waals surface area contributed by atoms with Crippen LogP contribution in [0, 0.1) is 11.3 Å². The molecular weight excluding hydrogens is 689 g/mol. The van der Waals surface area contributed by atoms with Gasteiger partial charge >= 0.3 is 0 Å². The number of aromatic hydroxyl groups is 3. The second-order valence-electron chi connectivity index (χ2n) is 20.7. The average Bonchev–Trinajstić information content (AvgIpc) is 4.01. The van der Waals surface area contributed by atoms with Crippen LogP contribution in [0.25, 0.3) is 0 Å². The molecule has 4 fully saturated rings. The van der Waals surface area contributed by atoms with Crippen molar-refractivity contribution in [1.82, 2.24) is 0 Å². The van der Waals surface area contributed by atoms with Crippen LogP contribution in [0.15, 0.2) is 59.7 Å². The Hall–Kier alpha value is -3.50. The third kappa shape index (κ3) is 6.64. The van der Waals surface area contributed by atoms with Crippen LogP contribution in [0.5, 0.6) is 17.2 Å². The normalized spacial score (nSPS) is 26.2. The monoisotopic (exact) mass is 754 g/mol. The summed E-state index contributed by atoms with van der Waals surface area (Å²) in [5.41, 5.74) is 11.4. The SMILES string of the molecule is CC1(C2=C[C@@H]3Cc4cc(C5(C)CCCC5)cc(c4O)Cc4cc(C5(C)CCCC5)cc(c4O)Cc4cc(C5(C)CCCC5)cc(c4O)CC(=C2)[C@H]3O)CCCC1. The summed E-state index contributed by atoms with van der Waals surface area (Å²) in [5, 5.41) is 49.4. The van der Waals surface area contributed by atoms with E-state index in [1.165, 1.54) is 73.6 Å². The summed E-state index contributed by atoms with van der Waals surface area (Å²) < 4.78 is 0. The quantitative estimate of drug-likeness (QED) is 0.214. The van der Waals surface area contributed by atoms with Gasteiger partial charge < -0.3 is 20.4 Å². The highest BCUT2D eigenvalue weighted by Crippen LogP contribution is 2.51. The molecule has 298 valence electrons. The third-order valence-electron chi connectivity index (χ3n) is 16.6. The van der Waals surface area contributed by atoms with Gasteiger partial charge in [0.15, 0.2) is 0 Å². The van der Waals surface area contributed by atoms with Crippen LogP contribution in [0.2, 0.25) is 0 Å². The van der Waals surface area contributed by atoms with E-state index in [2.05, 4.69) is 76.2 Å². The largest absolute Gasteiger partial charge is 0.507 e. The zero-order valence-corrected chi connectivity index (χ0v) is 34.7. The average molecular weight is 755 g/mol. The van der Waals surface area contributed by atoms with E-state index in [4.69, 9.17) is 0 Å². The van der Waals surface area contributed by atoms with Crippen molar-refractivity contribution in [3.8, 4) is 17.2 Å². The zero-order valence-electron chi connectivity index (χ0n) is 34.7. The van der Waals surface area contributed by atoms with Crippen LogP contribution in [-0.4, -0.2) is 26.5 Å². The number of allylic oxidation sites excluding steroid dienone is 2. The van der Waals surface area contributed by atoms with Gasteiger partial charge in [0.05, 0.1) is 6.10 Å². The highest BCUT2D eigenvalue weighted by Gasteiger charge is 2.39. The van der Waals surface area contributed by atoms with Gasteiger partial charge in [-0.3, -0.25) is 0 Å². The van der Waals surface area contributed by atoms with Gasteiger partial charge in [-0.05, 0) is 147 Å². The first-order chi connectivity index (χ1) is 26.8.